The number of Topliss-reactive ketones (excluding diaryl/α,β-unsaturated/α-hetero) is 1. The van der Waals surface area contributed by atoms with Crippen LogP contribution in [0.1, 0.15) is 52.9 Å². The first-order valence-corrected chi connectivity index (χ1v) is 13.2. The van der Waals surface area contributed by atoms with Gasteiger partial charge in [-0.1, -0.05) is 25.5 Å². The number of rotatable bonds is 9. The van der Waals surface area contributed by atoms with E-state index in [-0.39, 0.29) is 31.1 Å². The molecule has 0 bridgehead atoms. The van der Waals surface area contributed by atoms with Crippen LogP contribution in [0.2, 0.25) is 0 Å². The molecule has 0 aliphatic heterocycles. The van der Waals surface area contributed by atoms with Crippen molar-refractivity contribution in [3.8, 4) is 0 Å². The van der Waals surface area contributed by atoms with E-state index >= 15 is 4.39 Å². The number of ketones is 2. The fourth-order valence-corrected chi connectivity index (χ4v) is 7.87. The van der Waals surface area contributed by atoms with Gasteiger partial charge in [0.15, 0.2) is 18.1 Å². The van der Waals surface area contributed by atoms with E-state index in [1.807, 2.05) is 0 Å². The molecule has 8 nitrogen and oxygen atoms in total. The van der Waals surface area contributed by atoms with Crippen molar-refractivity contribution in [1.82, 2.24) is 0 Å². The molecule has 8 atom stereocenters. The fraction of sp³-hybridized carbons (Fsp3) is 0.750. The molecular formula is C28H39FO8. The lowest BCUT2D eigenvalue weighted by molar-refractivity contribution is -0.220. The van der Waals surface area contributed by atoms with Crippen LogP contribution in [0.15, 0.2) is 23.8 Å². The summed E-state index contributed by atoms with van der Waals surface area (Å²) in [6.07, 6.45) is 4.12. The molecule has 0 spiro atoms. The Morgan fingerprint density at radius 2 is 1.92 bits per heavy atom. The number of fused-ring (bicyclic) bond motifs is 5. The number of methoxy groups -OCH3 is 1. The number of allylic oxidation sites excluding steroid dienone is 4. The lowest BCUT2D eigenvalue weighted by Gasteiger charge is -2.62. The first kappa shape index (κ1) is 28.1. The maximum Gasteiger partial charge on any atom is 0.308 e. The van der Waals surface area contributed by atoms with Crippen molar-refractivity contribution in [3.63, 3.8) is 0 Å². The van der Waals surface area contributed by atoms with Crippen LogP contribution < -0.4 is 0 Å². The minimum Gasteiger partial charge on any atom is -0.457 e. The Hall–Kier alpha value is -1.94. The maximum atomic E-state index is 17.2. The van der Waals surface area contributed by atoms with Gasteiger partial charge in [-0.05, 0) is 56.6 Å². The average Bonchev–Trinajstić information content (AvgIpc) is 3.05. The van der Waals surface area contributed by atoms with Gasteiger partial charge in [-0.15, -0.1) is 0 Å². The first-order chi connectivity index (χ1) is 17.4. The predicted molar refractivity (Wildman–Crippen MR) is 131 cm³/mol. The Kier molecular flexibility index (Phi) is 7.58. The highest BCUT2D eigenvalue weighted by atomic mass is 19.1. The third-order valence-electron chi connectivity index (χ3n) is 9.89. The summed E-state index contributed by atoms with van der Waals surface area (Å²) in [4.78, 5) is 37.5. The molecule has 3 fully saturated rings. The molecule has 0 aromatic heterocycles. The summed E-state index contributed by atoms with van der Waals surface area (Å²) in [5.74, 6) is -2.95. The summed E-state index contributed by atoms with van der Waals surface area (Å²) in [7, 11) is 1.54. The van der Waals surface area contributed by atoms with Crippen LogP contribution in [0.25, 0.3) is 0 Å². The van der Waals surface area contributed by atoms with E-state index in [1.54, 1.807) is 34.0 Å². The molecule has 0 saturated heterocycles. The summed E-state index contributed by atoms with van der Waals surface area (Å²) in [5, 5.41) is 23.3. The van der Waals surface area contributed by atoms with E-state index in [0.29, 0.717) is 38.0 Å². The van der Waals surface area contributed by atoms with Crippen molar-refractivity contribution in [2.45, 2.75) is 70.2 Å². The number of hydrogen-bond donors (Lipinski definition) is 2. The number of aliphatic hydroxyl groups is 2. The van der Waals surface area contributed by atoms with E-state index in [4.69, 9.17) is 14.2 Å². The summed E-state index contributed by atoms with van der Waals surface area (Å²) >= 11 is 0. The number of alkyl halides is 1. The van der Waals surface area contributed by atoms with E-state index < -0.39 is 58.4 Å². The standard InChI is InChI=1S/C28H39FO8/c1-17-13-21-20-6-5-18-14-19(30)7-9-25(18,2)27(20,29)22(31)15-26(21,3)28(17,34)23(32)16-37-24(33)8-10-36-12-11-35-4/h7,9,14,17,20-22,31,34H,5-6,8,10-13,15-16H2,1-4H3/t17-,20-,21-,22-,25-,26-,27-,28-/m0/s1. The number of ether oxygens (including phenoxy) is 3. The topological polar surface area (TPSA) is 119 Å². The molecule has 0 unspecified atom stereocenters. The summed E-state index contributed by atoms with van der Waals surface area (Å²) < 4.78 is 32.5. The van der Waals surface area contributed by atoms with Crippen LogP contribution in [-0.2, 0) is 28.6 Å². The van der Waals surface area contributed by atoms with Crippen LogP contribution in [0.4, 0.5) is 4.39 Å². The van der Waals surface area contributed by atoms with Gasteiger partial charge in [0.1, 0.15) is 5.60 Å². The quantitative estimate of drug-likeness (QED) is 0.350. The second kappa shape index (κ2) is 9.98. The Bertz CT molecular complexity index is 1010. The number of aliphatic hydroxyl groups excluding tert-OH is 1. The molecule has 0 amide bonds. The van der Waals surface area contributed by atoms with Gasteiger partial charge in [0.2, 0.25) is 5.78 Å². The SMILES string of the molecule is COCCOCCC(=O)OCC(=O)[C@@]1(O)[C@@H](C)C[C@H]2[C@@H]3CCC4=CC(=O)C=C[C@]4(C)[C@@]3(F)[C@@H](O)C[C@@]21C. The van der Waals surface area contributed by atoms with Gasteiger partial charge in [-0.25, -0.2) is 4.39 Å². The number of carbonyl (C=O) groups is 3. The largest absolute Gasteiger partial charge is 0.457 e. The van der Waals surface area contributed by atoms with Gasteiger partial charge in [0.05, 0.1) is 32.3 Å². The average molecular weight is 523 g/mol. The molecule has 3 saturated carbocycles. The molecule has 0 aromatic carbocycles. The van der Waals surface area contributed by atoms with Crippen molar-refractivity contribution in [2.24, 2.45) is 28.6 Å². The van der Waals surface area contributed by atoms with Gasteiger partial charge in [0, 0.05) is 23.9 Å². The normalized spacial score (nSPS) is 42.5. The molecule has 2 N–H and O–H groups in total. The van der Waals surface area contributed by atoms with Crippen LogP contribution in [-0.4, -0.2) is 78.7 Å². The second-order valence-corrected chi connectivity index (χ2v) is 11.6. The predicted octanol–water partition coefficient (Wildman–Crippen LogP) is 2.50. The van der Waals surface area contributed by atoms with E-state index in [9.17, 15) is 24.6 Å². The molecule has 0 radical (unpaired) electrons. The fourth-order valence-electron chi connectivity index (χ4n) is 7.87. The van der Waals surface area contributed by atoms with Crippen molar-refractivity contribution >= 4 is 17.5 Å². The first-order valence-electron chi connectivity index (χ1n) is 13.2. The van der Waals surface area contributed by atoms with Crippen LogP contribution >= 0.6 is 0 Å². The zero-order valence-corrected chi connectivity index (χ0v) is 22.1. The van der Waals surface area contributed by atoms with Crippen LogP contribution in [0.5, 0.6) is 0 Å². The zero-order valence-electron chi connectivity index (χ0n) is 22.1. The molecule has 37 heavy (non-hydrogen) atoms. The number of hydrogen-bond acceptors (Lipinski definition) is 8. The number of halogens is 1. The Morgan fingerprint density at radius 3 is 2.62 bits per heavy atom. The second-order valence-electron chi connectivity index (χ2n) is 11.6. The Morgan fingerprint density at radius 1 is 1.19 bits per heavy atom. The van der Waals surface area contributed by atoms with Gasteiger partial charge in [0.25, 0.3) is 0 Å². The van der Waals surface area contributed by atoms with Crippen molar-refractivity contribution < 1.29 is 43.2 Å². The molecule has 4 rings (SSSR count). The summed E-state index contributed by atoms with van der Waals surface area (Å²) in [5.41, 5.74) is -5.49. The van der Waals surface area contributed by atoms with Crippen LogP contribution in [0.3, 0.4) is 0 Å². The monoisotopic (exact) mass is 522 g/mol. The van der Waals surface area contributed by atoms with Gasteiger partial charge < -0.3 is 24.4 Å². The molecule has 9 heteroatoms. The Balaban J connectivity index is 1.52. The minimum absolute atomic E-state index is 0.0412. The number of esters is 1. The molecular weight excluding hydrogens is 483 g/mol. The highest BCUT2D eigenvalue weighted by Crippen LogP contribution is 2.70. The lowest BCUT2D eigenvalue weighted by atomic mass is 9.44. The van der Waals surface area contributed by atoms with Crippen molar-refractivity contribution in [3.05, 3.63) is 23.8 Å². The smallest absolute Gasteiger partial charge is 0.308 e. The third kappa shape index (κ3) is 4.13. The lowest BCUT2D eigenvalue weighted by Crippen LogP contribution is -2.69. The molecule has 0 aromatic rings. The van der Waals surface area contributed by atoms with E-state index in [1.165, 1.54) is 12.2 Å². The van der Waals surface area contributed by atoms with E-state index in [0.717, 1.165) is 0 Å². The highest BCUT2D eigenvalue weighted by Gasteiger charge is 2.75. The third-order valence-corrected chi connectivity index (χ3v) is 9.89. The zero-order chi connectivity index (χ0) is 27.2. The van der Waals surface area contributed by atoms with Crippen molar-refractivity contribution in [1.29, 1.82) is 0 Å². The Labute approximate surface area is 217 Å². The number of carbonyl (C=O) groups excluding carboxylic acids is 3. The molecule has 206 valence electrons. The van der Waals surface area contributed by atoms with E-state index in [2.05, 4.69) is 0 Å². The van der Waals surface area contributed by atoms with Crippen molar-refractivity contribution in [2.75, 3.05) is 33.5 Å². The van der Waals surface area contributed by atoms with Gasteiger partial charge in [-0.3, -0.25) is 14.4 Å². The summed E-state index contributed by atoms with van der Waals surface area (Å²) in [6, 6.07) is 0. The summed E-state index contributed by atoms with van der Waals surface area (Å²) in [6.45, 7) is 5.50. The highest BCUT2D eigenvalue weighted by molar-refractivity contribution is 6.01. The van der Waals surface area contributed by atoms with Gasteiger partial charge in [-0.2, -0.15) is 0 Å². The molecule has 4 aliphatic rings. The minimum atomic E-state index is -2.04. The van der Waals surface area contributed by atoms with Crippen LogP contribution in [0, 0.1) is 28.6 Å². The molecule has 4 aliphatic carbocycles. The molecule has 0 heterocycles. The maximum absolute atomic E-state index is 17.2. The van der Waals surface area contributed by atoms with Gasteiger partial charge >= 0.3 is 5.97 Å².